The van der Waals surface area contributed by atoms with Crippen LogP contribution in [0.2, 0.25) is 0 Å². The summed E-state index contributed by atoms with van der Waals surface area (Å²) in [6.07, 6.45) is 1.38. The summed E-state index contributed by atoms with van der Waals surface area (Å²) in [7, 11) is 4.54. The standard InChI is InChI=1S/C36H55N7O8S2/c1-7-8-20-43(21-22-52-53-29-16-12-13-19-38-29)30(45)18-17-28(32(37)46)42(6)34(48)27(23-26-14-10-9-11-15-26)40-33(47)31(25(2)44)39-24-50-41-35(49)51-36(3,4)5/h9-16,19,25,27-28,31,39,44H,7-8,17-18,20-24H2,1-6H3,(H2,37,46)(H,40,47)(H,41,49)/t25-,27+,28+,31+/m1/s1. The number of primary amides is 1. The number of unbranched alkanes of at least 4 members (excludes halogenated alkanes) is 1. The molecule has 0 unspecified atom stereocenters. The van der Waals surface area contributed by atoms with Gasteiger partial charge in [0.25, 0.3) is 0 Å². The molecule has 0 spiro atoms. The Morgan fingerprint density at radius 3 is 2.34 bits per heavy atom. The summed E-state index contributed by atoms with van der Waals surface area (Å²) in [5.74, 6) is -1.63. The molecule has 0 fully saturated rings. The van der Waals surface area contributed by atoms with Crippen molar-refractivity contribution < 1.29 is 38.7 Å². The normalized spacial score (nSPS) is 13.6. The predicted molar refractivity (Wildman–Crippen MR) is 205 cm³/mol. The number of nitrogens with two attached hydrogens (primary N) is 1. The number of pyridine rings is 1. The van der Waals surface area contributed by atoms with Crippen LogP contribution in [0.1, 0.15) is 65.9 Å². The fraction of sp³-hybridized carbons (Fsp3) is 0.556. The van der Waals surface area contributed by atoms with E-state index in [0.29, 0.717) is 18.8 Å². The fourth-order valence-electron chi connectivity index (χ4n) is 5.02. The number of ether oxygens (including phenoxy) is 1. The number of hydroxylamine groups is 1. The average Bonchev–Trinajstić information content (AvgIpc) is 3.10. The van der Waals surface area contributed by atoms with Gasteiger partial charge in [0.1, 0.15) is 35.5 Å². The zero-order valence-electron chi connectivity index (χ0n) is 31.4. The van der Waals surface area contributed by atoms with Crippen LogP contribution in [0.5, 0.6) is 0 Å². The van der Waals surface area contributed by atoms with E-state index in [2.05, 4.69) is 21.1 Å². The van der Waals surface area contributed by atoms with Gasteiger partial charge in [-0.15, -0.1) is 0 Å². The highest BCUT2D eigenvalue weighted by atomic mass is 33.1. The number of nitrogens with zero attached hydrogens (tertiary/aromatic N) is 3. The molecule has 0 aliphatic heterocycles. The Morgan fingerprint density at radius 2 is 1.74 bits per heavy atom. The van der Waals surface area contributed by atoms with Crippen molar-refractivity contribution in [3.05, 3.63) is 60.3 Å². The molecule has 15 nitrogen and oxygen atoms in total. The van der Waals surface area contributed by atoms with Crippen molar-refractivity contribution >= 4 is 51.3 Å². The molecule has 1 aromatic heterocycles. The summed E-state index contributed by atoms with van der Waals surface area (Å²) >= 11 is 0. The molecule has 0 radical (unpaired) electrons. The molecule has 0 aliphatic carbocycles. The maximum absolute atomic E-state index is 14.0. The summed E-state index contributed by atoms with van der Waals surface area (Å²) in [6, 6.07) is 11.1. The van der Waals surface area contributed by atoms with Crippen LogP contribution in [-0.2, 0) is 35.2 Å². The van der Waals surface area contributed by atoms with Crippen LogP contribution in [-0.4, -0.2) is 112 Å². The first-order chi connectivity index (χ1) is 25.1. The molecule has 0 bridgehead atoms. The third-order valence-corrected chi connectivity index (χ3v) is 9.97. The van der Waals surface area contributed by atoms with E-state index in [4.69, 9.17) is 15.3 Å². The Balaban J connectivity index is 2.11. The van der Waals surface area contributed by atoms with Crippen LogP contribution < -0.4 is 21.8 Å². The van der Waals surface area contributed by atoms with Gasteiger partial charge >= 0.3 is 6.09 Å². The number of aliphatic hydroxyl groups excluding tert-OH is 1. The van der Waals surface area contributed by atoms with Crippen LogP contribution in [0, 0.1) is 0 Å². The first kappa shape index (κ1) is 45.3. The molecule has 0 aliphatic rings. The molecule has 4 atom stereocenters. The zero-order chi connectivity index (χ0) is 39.4. The van der Waals surface area contributed by atoms with Gasteiger partial charge in [0.2, 0.25) is 23.6 Å². The number of hydrogen-bond acceptors (Lipinski definition) is 12. The highest BCUT2D eigenvalue weighted by molar-refractivity contribution is 8.76. The van der Waals surface area contributed by atoms with Gasteiger partial charge in [-0.25, -0.2) is 9.78 Å². The Hall–Kier alpha value is -3.90. The van der Waals surface area contributed by atoms with E-state index in [1.54, 1.807) is 66.9 Å². The lowest BCUT2D eigenvalue weighted by atomic mass is 10.0. The second-order valence-corrected chi connectivity index (χ2v) is 15.7. The first-order valence-electron chi connectivity index (χ1n) is 17.5. The van der Waals surface area contributed by atoms with Crippen molar-refractivity contribution in [2.45, 2.75) is 102 Å². The van der Waals surface area contributed by atoms with Gasteiger partial charge in [-0.2, -0.15) is 5.48 Å². The highest BCUT2D eigenvalue weighted by Gasteiger charge is 2.34. The third kappa shape index (κ3) is 17.7. The topological polar surface area (TPSA) is 206 Å². The molecule has 1 aromatic carbocycles. The molecule has 5 amide bonds. The smallest absolute Gasteiger partial charge is 0.431 e. The Morgan fingerprint density at radius 1 is 1.04 bits per heavy atom. The molecular formula is C36H55N7O8S2. The fourth-order valence-corrected chi connectivity index (χ4v) is 6.89. The maximum Gasteiger partial charge on any atom is 0.431 e. The molecule has 17 heteroatoms. The van der Waals surface area contributed by atoms with Crippen LogP contribution in [0.4, 0.5) is 4.79 Å². The van der Waals surface area contributed by atoms with Gasteiger partial charge in [0.05, 0.1) is 6.10 Å². The second-order valence-electron chi connectivity index (χ2n) is 13.3. The number of rotatable bonds is 23. The van der Waals surface area contributed by atoms with Crippen molar-refractivity contribution in [1.29, 1.82) is 0 Å². The van der Waals surface area contributed by atoms with Crippen molar-refractivity contribution in [3.8, 4) is 0 Å². The van der Waals surface area contributed by atoms with Gasteiger partial charge in [-0.1, -0.05) is 60.5 Å². The average molecular weight is 778 g/mol. The molecule has 294 valence electrons. The van der Waals surface area contributed by atoms with E-state index >= 15 is 0 Å². The number of likely N-dealkylation sites (N-methyl/N-ethyl adjacent to an activating group) is 1. The number of amides is 5. The molecule has 53 heavy (non-hydrogen) atoms. The van der Waals surface area contributed by atoms with E-state index in [1.807, 2.05) is 31.2 Å². The van der Waals surface area contributed by atoms with Gasteiger partial charge in [0.15, 0.2) is 0 Å². The second kappa shape index (κ2) is 23.7. The van der Waals surface area contributed by atoms with Crippen molar-refractivity contribution in [2.24, 2.45) is 5.73 Å². The highest BCUT2D eigenvalue weighted by Crippen LogP contribution is 2.28. The van der Waals surface area contributed by atoms with Gasteiger partial charge in [0, 0.05) is 44.9 Å². The van der Waals surface area contributed by atoms with Crippen molar-refractivity contribution in [2.75, 3.05) is 32.6 Å². The summed E-state index contributed by atoms with van der Waals surface area (Å²) < 4.78 is 5.09. The zero-order valence-corrected chi connectivity index (χ0v) is 33.0. The lowest BCUT2D eigenvalue weighted by Crippen LogP contribution is -2.59. The van der Waals surface area contributed by atoms with Crippen LogP contribution in [0.25, 0.3) is 0 Å². The van der Waals surface area contributed by atoms with Crippen molar-refractivity contribution in [3.63, 3.8) is 0 Å². The summed E-state index contributed by atoms with van der Waals surface area (Å²) in [5.41, 5.74) is 7.84. The van der Waals surface area contributed by atoms with E-state index in [9.17, 15) is 29.1 Å². The van der Waals surface area contributed by atoms with Gasteiger partial charge in [-0.05, 0) is 69.0 Å². The predicted octanol–water partition coefficient (Wildman–Crippen LogP) is 3.02. The molecule has 0 saturated heterocycles. The summed E-state index contributed by atoms with van der Waals surface area (Å²) in [6.45, 7) is 9.16. The summed E-state index contributed by atoms with van der Waals surface area (Å²) in [5, 5.41) is 16.7. The number of benzene rings is 1. The van der Waals surface area contributed by atoms with E-state index in [1.165, 1.54) is 24.8 Å². The third-order valence-electron chi connectivity index (χ3n) is 7.73. The quantitative estimate of drug-likeness (QED) is 0.0478. The number of aliphatic hydroxyl groups is 1. The largest absolute Gasteiger partial charge is 0.442 e. The Labute approximate surface area is 320 Å². The number of carbonyl (C=O) groups excluding carboxylic acids is 5. The SMILES string of the molecule is CCCCN(CCSSc1ccccn1)C(=O)CC[C@@H](C(N)=O)N(C)C(=O)[C@H](Cc1ccccc1)NC(=O)[C@@H](NCONC(=O)OC(C)(C)C)[C@@H](C)O. The maximum atomic E-state index is 14.0. The molecular weight excluding hydrogens is 723 g/mol. The molecule has 2 aromatic rings. The van der Waals surface area contributed by atoms with Gasteiger partial charge < -0.3 is 30.7 Å². The minimum absolute atomic E-state index is 0.0132. The minimum Gasteiger partial charge on any atom is -0.442 e. The minimum atomic E-state index is -1.26. The Bertz CT molecular complexity index is 1430. The first-order valence-corrected chi connectivity index (χ1v) is 19.9. The van der Waals surface area contributed by atoms with Crippen LogP contribution in [0.15, 0.2) is 59.8 Å². The number of aromatic nitrogens is 1. The Kier molecular flexibility index (Phi) is 20.2. The number of nitrogens with one attached hydrogen (secondary N) is 3. The number of carbonyl (C=O) groups is 5. The summed E-state index contributed by atoms with van der Waals surface area (Å²) in [4.78, 5) is 77.8. The van der Waals surface area contributed by atoms with Crippen LogP contribution in [0.3, 0.4) is 0 Å². The van der Waals surface area contributed by atoms with E-state index in [0.717, 1.165) is 28.3 Å². The lowest BCUT2D eigenvalue weighted by Gasteiger charge is -2.31. The monoisotopic (exact) mass is 777 g/mol. The van der Waals surface area contributed by atoms with Crippen molar-refractivity contribution in [1.82, 2.24) is 30.9 Å². The molecule has 6 N–H and O–H groups in total. The molecule has 2 rings (SSSR count). The lowest BCUT2D eigenvalue weighted by molar-refractivity contribution is -0.142. The molecule has 0 saturated carbocycles. The van der Waals surface area contributed by atoms with Crippen LogP contribution >= 0.6 is 21.6 Å². The molecule has 1 heterocycles. The van der Waals surface area contributed by atoms with E-state index in [-0.39, 0.29) is 31.9 Å². The van der Waals surface area contributed by atoms with E-state index < -0.39 is 53.6 Å². The van der Waals surface area contributed by atoms with Gasteiger partial charge in [-0.3, -0.25) is 29.3 Å². The number of hydrogen-bond donors (Lipinski definition) is 5.